The number of thiazole rings is 1. The molecule has 0 atom stereocenters. The predicted molar refractivity (Wildman–Crippen MR) is 51.0 cm³/mol. The number of carboxylic acids is 1. The summed E-state index contributed by atoms with van der Waals surface area (Å²) in [6.45, 7) is 0. The monoisotopic (exact) mass is 209 g/mol. The molecule has 0 bridgehead atoms. The molecule has 2 aromatic rings. The van der Waals surface area contributed by atoms with Crippen LogP contribution in [0.3, 0.4) is 0 Å². The summed E-state index contributed by atoms with van der Waals surface area (Å²) in [4.78, 5) is 21.5. The van der Waals surface area contributed by atoms with Crippen molar-refractivity contribution >= 4 is 17.3 Å². The summed E-state index contributed by atoms with van der Waals surface area (Å²) in [5.41, 5.74) is 0.564. The van der Waals surface area contributed by atoms with Crippen molar-refractivity contribution in [1.82, 2.24) is 15.0 Å². The van der Waals surface area contributed by atoms with Crippen LogP contribution in [-0.2, 0) is 11.2 Å². The lowest BCUT2D eigenvalue weighted by atomic mass is 10.3. The highest BCUT2D eigenvalue weighted by Crippen LogP contribution is 2.19. The number of aliphatic carboxylic acids is 1. The fraction of sp³-hybridized carbons (Fsp3) is 0.125. The van der Waals surface area contributed by atoms with Gasteiger partial charge >= 0.3 is 5.97 Å². The quantitative estimate of drug-likeness (QED) is 0.795. The van der Waals surface area contributed by atoms with Crippen LogP contribution in [0.15, 0.2) is 17.8 Å². The summed E-state index contributed by atoms with van der Waals surface area (Å²) in [6.07, 6.45) is 3.29. The van der Waals surface area contributed by atoms with E-state index in [0.29, 0.717) is 16.5 Å². The molecule has 0 aliphatic heterocycles. The Morgan fingerprint density at radius 1 is 1.64 bits per heavy atom. The second-order valence-electron chi connectivity index (χ2n) is 2.65. The average molecular weight is 209 g/mol. The standard InChI is InChI=1S/C8H7N3O2S/c12-6(13)3-5-4-14-8(11-5)7-9-1-2-10-7/h1-2,4H,3H2,(H,9,10)(H,12,13). The third-order valence-electron chi connectivity index (χ3n) is 1.58. The molecule has 0 aliphatic carbocycles. The van der Waals surface area contributed by atoms with Gasteiger partial charge in [0, 0.05) is 17.8 Å². The predicted octanol–water partition coefficient (Wildman–Crippen LogP) is 1.16. The number of rotatable bonds is 3. The van der Waals surface area contributed by atoms with Crippen molar-refractivity contribution in [3.8, 4) is 10.8 Å². The summed E-state index contributed by atoms with van der Waals surface area (Å²) >= 11 is 1.38. The summed E-state index contributed by atoms with van der Waals surface area (Å²) in [6, 6.07) is 0. The molecule has 0 amide bonds. The summed E-state index contributed by atoms with van der Waals surface area (Å²) in [5, 5.41) is 11.0. The Bertz CT molecular complexity index is 435. The molecular weight excluding hydrogens is 202 g/mol. The third kappa shape index (κ3) is 1.80. The van der Waals surface area contributed by atoms with Gasteiger partial charge in [0.15, 0.2) is 10.8 Å². The first-order chi connectivity index (χ1) is 6.75. The molecule has 14 heavy (non-hydrogen) atoms. The number of hydrogen-bond acceptors (Lipinski definition) is 4. The second-order valence-corrected chi connectivity index (χ2v) is 3.51. The third-order valence-corrected chi connectivity index (χ3v) is 2.48. The SMILES string of the molecule is O=C(O)Cc1csc(-c2ncc[nH]2)n1. The normalized spacial score (nSPS) is 10.3. The van der Waals surface area contributed by atoms with Crippen LogP contribution in [0.2, 0.25) is 0 Å². The van der Waals surface area contributed by atoms with E-state index in [1.165, 1.54) is 11.3 Å². The molecular formula is C8H7N3O2S. The summed E-state index contributed by atoms with van der Waals surface area (Å²) in [7, 11) is 0. The maximum Gasteiger partial charge on any atom is 0.309 e. The molecule has 2 heterocycles. The fourth-order valence-electron chi connectivity index (χ4n) is 1.03. The Morgan fingerprint density at radius 3 is 3.14 bits per heavy atom. The molecule has 0 unspecified atom stereocenters. The van der Waals surface area contributed by atoms with Crippen molar-refractivity contribution in [1.29, 1.82) is 0 Å². The highest BCUT2D eigenvalue weighted by atomic mass is 32.1. The van der Waals surface area contributed by atoms with Gasteiger partial charge in [0.2, 0.25) is 0 Å². The van der Waals surface area contributed by atoms with E-state index in [1.807, 2.05) is 0 Å². The van der Waals surface area contributed by atoms with Crippen molar-refractivity contribution in [2.24, 2.45) is 0 Å². The minimum atomic E-state index is -0.874. The topological polar surface area (TPSA) is 78.9 Å². The van der Waals surface area contributed by atoms with Gasteiger partial charge in [-0.1, -0.05) is 0 Å². The van der Waals surface area contributed by atoms with Gasteiger partial charge in [-0.05, 0) is 0 Å². The van der Waals surface area contributed by atoms with Gasteiger partial charge < -0.3 is 10.1 Å². The lowest BCUT2D eigenvalue weighted by molar-refractivity contribution is -0.136. The minimum absolute atomic E-state index is 0.0444. The van der Waals surface area contributed by atoms with Crippen molar-refractivity contribution in [2.45, 2.75) is 6.42 Å². The fourth-order valence-corrected chi connectivity index (χ4v) is 1.81. The molecule has 0 saturated carbocycles. The number of H-pyrrole nitrogens is 1. The largest absolute Gasteiger partial charge is 0.481 e. The van der Waals surface area contributed by atoms with E-state index in [4.69, 9.17) is 5.11 Å². The smallest absolute Gasteiger partial charge is 0.309 e. The molecule has 0 aliphatic rings. The van der Waals surface area contributed by atoms with Crippen molar-refractivity contribution in [3.05, 3.63) is 23.5 Å². The minimum Gasteiger partial charge on any atom is -0.481 e. The number of imidazole rings is 1. The lowest BCUT2D eigenvalue weighted by Gasteiger charge is -1.88. The zero-order chi connectivity index (χ0) is 9.97. The molecule has 2 N–H and O–H groups in total. The molecule has 2 aromatic heterocycles. The van der Waals surface area contributed by atoms with Crippen LogP contribution >= 0.6 is 11.3 Å². The number of aromatic nitrogens is 3. The highest BCUT2D eigenvalue weighted by Gasteiger charge is 2.08. The van der Waals surface area contributed by atoms with E-state index in [1.54, 1.807) is 17.8 Å². The van der Waals surface area contributed by atoms with E-state index < -0.39 is 5.97 Å². The second kappa shape index (κ2) is 3.59. The molecule has 6 heteroatoms. The lowest BCUT2D eigenvalue weighted by Crippen LogP contribution is -1.99. The Kier molecular flexibility index (Phi) is 2.28. The molecule has 5 nitrogen and oxygen atoms in total. The van der Waals surface area contributed by atoms with Crippen molar-refractivity contribution in [2.75, 3.05) is 0 Å². The number of nitrogens with one attached hydrogen (secondary N) is 1. The van der Waals surface area contributed by atoms with Crippen molar-refractivity contribution in [3.63, 3.8) is 0 Å². The van der Waals surface area contributed by atoms with Crippen LogP contribution in [0.5, 0.6) is 0 Å². The number of carbonyl (C=O) groups is 1. The first-order valence-corrected chi connectivity index (χ1v) is 4.79. The number of hydrogen-bond donors (Lipinski definition) is 2. The van der Waals surface area contributed by atoms with Crippen LogP contribution in [0, 0.1) is 0 Å². The Labute approximate surface area is 83.5 Å². The Hall–Kier alpha value is -1.69. The molecule has 2 rings (SSSR count). The first kappa shape index (κ1) is 8.89. The van der Waals surface area contributed by atoms with E-state index in [-0.39, 0.29) is 6.42 Å². The molecule has 72 valence electrons. The van der Waals surface area contributed by atoms with Crippen LogP contribution in [0.1, 0.15) is 5.69 Å². The first-order valence-electron chi connectivity index (χ1n) is 3.91. The summed E-state index contributed by atoms with van der Waals surface area (Å²) < 4.78 is 0. The average Bonchev–Trinajstić information content (AvgIpc) is 2.69. The van der Waals surface area contributed by atoms with Crippen LogP contribution < -0.4 is 0 Å². The van der Waals surface area contributed by atoms with Gasteiger partial charge in [0.05, 0.1) is 12.1 Å². The van der Waals surface area contributed by atoms with E-state index >= 15 is 0 Å². The zero-order valence-electron chi connectivity index (χ0n) is 7.10. The highest BCUT2D eigenvalue weighted by molar-refractivity contribution is 7.13. The van der Waals surface area contributed by atoms with E-state index in [9.17, 15) is 4.79 Å². The van der Waals surface area contributed by atoms with E-state index in [0.717, 1.165) is 0 Å². The van der Waals surface area contributed by atoms with E-state index in [2.05, 4.69) is 15.0 Å². The molecule has 0 spiro atoms. The molecule has 0 saturated heterocycles. The zero-order valence-corrected chi connectivity index (χ0v) is 7.91. The van der Waals surface area contributed by atoms with Crippen LogP contribution in [0.25, 0.3) is 10.8 Å². The summed E-state index contributed by atoms with van der Waals surface area (Å²) in [5.74, 6) is -0.201. The van der Waals surface area contributed by atoms with Crippen LogP contribution in [0.4, 0.5) is 0 Å². The molecule has 0 fully saturated rings. The van der Waals surface area contributed by atoms with Gasteiger partial charge in [-0.2, -0.15) is 0 Å². The molecule has 0 aromatic carbocycles. The Morgan fingerprint density at radius 2 is 2.50 bits per heavy atom. The Balaban J connectivity index is 2.22. The van der Waals surface area contributed by atoms with Gasteiger partial charge in [0.1, 0.15) is 0 Å². The molecule has 0 radical (unpaired) electrons. The maximum absolute atomic E-state index is 10.4. The van der Waals surface area contributed by atoms with Gasteiger partial charge in [-0.15, -0.1) is 11.3 Å². The van der Waals surface area contributed by atoms with Gasteiger partial charge in [-0.3, -0.25) is 4.79 Å². The van der Waals surface area contributed by atoms with Gasteiger partial charge in [0.25, 0.3) is 0 Å². The number of carboxylic acid groups (broad SMARTS) is 1. The maximum atomic E-state index is 10.4. The number of aromatic amines is 1. The van der Waals surface area contributed by atoms with Gasteiger partial charge in [-0.25, -0.2) is 9.97 Å². The van der Waals surface area contributed by atoms with Crippen LogP contribution in [-0.4, -0.2) is 26.0 Å². The number of nitrogens with zero attached hydrogens (tertiary/aromatic N) is 2. The van der Waals surface area contributed by atoms with Crippen molar-refractivity contribution < 1.29 is 9.90 Å².